The van der Waals surface area contributed by atoms with Crippen molar-refractivity contribution in [3.05, 3.63) is 35.0 Å². The van der Waals surface area contributed by atoms with E-state index in [-0.39, 0.29) is 0 Å². The van der Waals surface area contributed by atoms with Crippen molar-refractivity contribution in [2.75, 3.05) is 20.3 Å². The first kappa shape index (κ1) is 14.9. The number of pyridine rings is 1. The van der Waals surface area contributed by atoms with E-state index in [0.717, 1.165) is 54.0 Å². The minimum Gasteiger partial charge on any atom is -0.497 e. The van der Waals surface area contributed by atoms with Crippen LogP contribution in [0.4, 0.5) is 0 Å². The van der Waals surface area contributed by atoms with Gasteiger partial charge in [-0.05, 0) is 31.0 Å². The first-order chi connectivity index (χ1) is 10.3. The van der Waals surface area contributed by atoms with Crippen LogP contribution in [0, 0.1) is 0 Å². The molecular weight excluding hydrogens is 306 g/mol. The summed E-state index contributed by atoms with van der Waals surface area (Å²) in [7, 11) is 1.65. The Labute approximate surface area is 134 Å². The largest absolute Gasteiger partial charge is 0.497 e. The summed E-state index contributed by atoms with van der Waals surface area (Å²) in [5.74, 6) is 1.70. The quantitative estimate of drug-likeness (QED) is 0.785. The monoisotopic (exact) mass is 323 g/mol. The number of hydrogen-bond acceptors (Lipinski definition) is 4. The first-order valence-electron chi connectivity index (χ1n) is 7.09. The molecule has 1 aliphatic heterocycles. The maximum atomic E-state index is 6.33. The zero-order valence-corrected chi connectivity index (χ0v) is 13.5. The van der Waals surface area contributed by atoms with Crippen molar-refractivity contribution in [2.45, 2.75) is 23.8 Å². The van der Waals surface area contributed by atoms with Crippen LogP contribution >= 0.6 is 23.4 Å². The molecular formula is C16H18ClNO2S. The Hall–Kier alpha value is -0.970. The van der Waals surface area contributed by atoms with Crippen LogP contribution in [0.5, 0.6) is 5.75 Å². The van der Waals surface area contributed by atoms with Crippen LogP contribution in [0.3, 0.4) is 0 Å². The summed E-state index contributed by atoms with van der Waals surface area (Å²) in [4.78, 5) is 4.50. The molecule has 2 heterocycles. The van der Waals surface area contributed by atoms with Crippen LogP contribution in [0.15, 0.2) is 24.3 Å². The topological polar surface area (TPSA) is 31.4 Å². The lowest BCUT2D eigenvalue weighted by Crippen LogP contribution is -2.17. The zero-order chi connectivity index (χ0) is 14.7. The number of nitrogens with zero attached hydrogens (tertiary/aromatic N) is 1. The molecule has 0 saturated carbocycles. The Morgan fingerprint density at radius 2 is 2.14 bits per heavy atom. The second kappa shape index (κ2) is 6.86. The van der Waals surface area contributed by atoms with Gasteiger partial charge in [0.05, 0.1) is 12.6 Å². The summed E-state index contributed by atoms with van der Waals surface area (Å²) < 4.78 is 10.6. The maximum Gasteiger partial charge on any atom is 0.133 e. The molecule has 0 N–H and O–H groups in total. The minimum atomic E-state index is 0.593. The standard InChI is InChI=1S/C16H18ClNO2S/c1-19-13-3-2-11-8-12(16(17)18-15(11)9-13)10-21-14-4-6-20-7-5-14/h2-3,8-9,14H,4-7,10H2,1H3. The Kier molecular flexibility index (Phi) is 4.88. The lowest BCUT2D eigenvalue weighted by molar-refractivity contribution is 0.1000. The van der Waals surface area contributed by atoms with Crippen LogP contribution in [0.1, 0.15) is 18.4 Å². The van der Waals surface area contributed by atoms with Crippen molar-refractivity contribution in [1.29, 1.82) is 0 Å². The molecule has 3 rings (SSSR count). The van der Waals surface area contributed by atoms with Gasteiger partial charge in [-0.1, -0.05) is 11.6 Å². The predicted molar refractivity (Wildman–Crippen MR) is 88.4 cm³/mol. The Balaban J connectivity index is 1.77. The van der Waals surface area contributed by atoms with Crippen LogP contribution in [0.25, 0.3) is 10.9 Å². The summed E-state index contributed by atoms with van der Waals surface area (Å²) in [6, 6.07) is 8.03. The van der Waals surface area contributed by atoms with Gasteiger partial charge in [0.25, 0.3) is 0 Å². The number of aromatic nitrogens is 1. The number of methoxy groups -OCH3 is 1. The second-order valence-electron chi connectivity index (χ2n) is 5.12. The third-order valence-electron chi connectivity index (χ3n) is 3.69. The van der Waals surface area contributed by atoms with Gasteiger partial charge in [-0.3, -0.25) is 0 Å². The summed E-state index contributed by atoms with van der Waals surface area (Å²) in [6.45, 7) is 1.75. The third kappa shape index (κ3) is 3.62. The third-order valence-corrected chi connectivity index (χ3v) is 5.44. The molecule has 1 fully saturated rings. The number of rotatable bonds is 4. The summed E-state index contributed by atoms with van der Waals surface area (Å²) >= 11 is 8.28. The van der Waals surface area contributed by atoms with Gasteiger partial charge >= 0.3 is 0 Å². The number of halogens is 1. The molecule has 0 spiro atoms. The second-order valence-corrected chi connectivity index (χ2v) is 6.77. The van der Waals surface area contributed by atoms with E-state index in [9.17, 15) is 0 Å². The highest BCUT2D eigenvalue weighted by Crippen LogP contribution is 2.30. The highest BCUT2D eigenvalue weighted by Gasteiger charge is 2.15. The van der Waals surface area contributed by atoms with E-state index in [1.54, 1.807) is 7.11 Å². The van der Waals surface area contributed by atoms with Crippen molar-refractivity contribution in [3.63, 3.8) is 0 Å². The van der Waals surface area contributed by atoms with Crippen molar-refractivity contribution in [2.24, 2.45) is 0 Å². The van der Waals surface area contributed by atoms with E-state index in [2.05, 4.69) is 11.1 Å². The van der Waals surface area contributed by atoms with Gasteiger partial charge in [0.2, 0.25) is 0 Å². The van der Waals surface area contributed by atoms with Gasteiger partial charge in [-0.25, -0.2) is 4.98 Å². The van der Waals surface area contributed by atoms with Gasteiger partial charge < -0.3 is 9.47 Å². The van der Waals surface area contributed by atoms with Crippen LogP contribution in [0.2, 0.25) is 5.15 Å². The minimum absolute atomic E-state index is 0.593. The average Bonchev–Trinajstić information content (AvgIpc) is 2.53. The smallest absolute Gasteiger partial charge is 0.133 e. The Morgan fingerprint density at radius 3 is 2.90 bits per heavy atom. The Morgan fingerprint density at radius 1 is 1.33 bits per heavy atom. The van der Waals surface area contributed by atoms with E-state index in [4.69, 9.17) is 21.1 Å². The molecule has 1 saturated heterocycles. The van der Waals surface area contributed by atoms with Crippen molar-refractivity contribution >= 4 is 34.3 Å². The molecule has 1 aliphatic rings. The van der Waals surface area contributed by atoms with E-state index < -0.39 is 0 Å². The number of ether oxygens (including phenoxy) is 2. The molecule has 112 valence electrons. The fourth-order valence-electron chi connectivity index (χ4n) is 2.45. The summed E-state index contributed by atoms with van der Waals surface area (Å²) in [6.07, 6.45) is 2.25. The molecule has 3 nitrogen and oxygen atoms in total. The lowest BCUT2D eigenvalue weighted by atomic mass is 10.1. The zero-order valence-electron chi connectivity index (χ0n) is 12.0. The molecule has 1 aromatic heterocycles. The van der Waals surface area contributed by atoms with E-state index in [0.29, 0.717) is 10.4 Å². The van der Waals surface area contributed by atoms with E-state index >= 15 is 0 Å². The normalized spacial score (nSPS) is 16.3. The molecule has 0 radical (unpaired) electrons. The summed E-state index contributed by atoms with van der Waals surface area (Å²) in [5.41, 5.74) is 1.98. The fraction of sp³-hybridized carbons (Fsp3) is 0.438. The molecule has 0 unspecified atom stereocenters. The van der Waals surface area contributed by atoms with Gasteiger partial charge in [0.15, 0.2) is 0 Å². The molecule has 0 bridgehead atoms. The molecule has 0 amide bonds. The molecule has 2 aromatic rings. The summed E-state index contributed by atoms with van der Waals surface area (Å²) in [5, 5.41) is 2.36. The molecule has 5 heteroatoms. The van der Waals surface area contributed by atoms with Gasteiger partial charge in [0.1, 0.15) is 10.9 Å². The highest BCUT2D eigenvalue weighted by atomic mass is 35.5. The van der Waals surface area contributed by atoms with Crippen molar-refractivity contribution < 1.29 is 9.47 Å². The SMILES string of the molecule is COc1ccc2cc(CSC3CCOCC3)c(Cl)nc2c1. The first-order valence-corrected chi connectivity index (χ1v) is 8.51. The molecule has 0 atom stereocenters. The predicted octanol–water partition coefficient (Wildman–Crippen LogP) is 4.31. The van der Waals surface area contributed by atoms with E-state index in [1.807, 2.05) is 30.0 Å². The number of benzene rings is 1. The van der Waals surface area contributed by atoms with Crippen molar-refractivity contribution in [3.8, 4) is 5.75 Å². The van der Waals surface area contributed by atoms with Crippen LogP contribution < -0.4 is 4.74 Å². The maximum absolute atomic E-state index is 6.33. The average molecular weight is 324 g/mol. The van der Waals surface area contributed by atoms with Crippen LogP contribution in [-0.4, -0.2) is 30.6 Å². The number of hydrogen-bond donors (Lipinski definition) is 0. The Bertz CT molecular complexity index is 629. The number of fused-ring (bicyclic) bond motifs is 1. The van der Waals surface area contributed by atoms with Gasteiger partial charge in [-0.15, -0.1) is 0 Å². The van der Waals surface area contributed by atoms with Gasteiger partial charge in [-0.2, -0.15) is 11.8 Å². The number of thioether (sulfide) groups is 1. The lowest BCUT2D eigenvalue weighted by Gasteiger charge is -2.21. The van der Waals surface area contributed by atoms with E-state index in [1.165, 1.54) is 0 Å². The molecule has 1 aromatic carbocycles. The van der Waals surface area contributed by atoms with Crippen LogP contribution in [-0.2, 0) is 10.5 Å². The fourth-order valence-corrected chi connectivity index (χ4v) is 3.90. The molecule has 21 heavy (non-hydrogen) atoms. The van der Waals surface area contributed by atoms with Gasteiger partial charge in [0, 0.05) is 41.2 Å². The highest BCUT2D eigenvalue weighted by molar-refractivity contribution is 7.99. The van der Waals surface area contributed by atoms with Crippen molar-refractivity contribution in [1.82, 2.24) is 4.98 Å². The molecule has 0 aliphatic carbocycles.